The number of hydrogen-bond donors (Lipinski definition) is 2. The van der Waals surface area contributed by atoms with Crippen molar-refractivity contribution < 1.29 is 23.8 Å². The number of rotatable bonds is 5. The molecule has 27 heavy (non-hydrogen) atoms. The van der Waals surface area contributed by atoms with Gasteiger partial charge in [0.05, 0.1) is 11.3 Å². The van der Waals surface area contributed by atoms with Gasteiger partial charge >= 0.3 is 5.97 Å². The van der Waals surface area contributed by atoms with Crippen molar-refractivity contribution in [3.05, 3.63) is 76.9 Å². The van der Waals surface area contributed by atoms with Gasteiger partial charge in [-0.25, -0.2) is 18.8 Å². The minimum atomic E-state index is -0.547. The van der Waals surface area contributed by atoms with Crippen LogP contribution in [0.3, 0.4) is 0 Å². The molecule has 2 N–H and O–H groups in total. The first-order chi connectivity index (χ1) is 13.1. The first-order valence-electron chi connectivity index (χ1n) is 7.87. The van der Waals surface area contributed by atoms with Gasteiger partial charge in [0.25, 0.3) is 0 Å². The molecule has 8 nitrogen and oxygen atoms in total. The van der Waals surface area contributed by atoms with Gasteiger partial charge < -0.3 is 4.74 Å². The van der Waals surface area contributed by atoms with Crippen LogP contribution in [0.5, 0.6) is 0 Å². The minimum absolute atomic E-state index is 0.0559. The molecule has 0 saturated heterocycles. The number of esters is 1. The number of aromatic nitrogens is 2. The van der Waals surface area contributed by atoms with E-state index in [2.05, 4.69) is 19.9 Å². The van der Waals surface area contributed by atoms with Gasteiger partial charge in [-0.15, -0.1) is 0 Å². The Morgan fingerprint density at radius 3 is 2.74 bits per heavy atom. The summed E-state index contributed by atoms with van der Waals surface area (Å²) in [5.74, 6) is -1.01. The van der Waals surface area contributed by atoms with E-state index in [1.54, 1.807) is 37.3 Å². The molecule has 0 atom stereocenters. The van der Waals surface area contributed by atoms with E-state index in [1.807, 2.05) is 5.48 Å². The molecule has 9 heteroatoms. The number of carbonyl (C=O) groups excluding carboxylic acids is 1. The molecule has 3 rings (SSSR count). The molecule has 0 aliphatic carbocycles. The van der Waals surface area contributed by atoms with E-state index in [1.165, 1.54) is 18.2 Å². The summed E-state index contributed by atoms with van der Waals surface area (Å²) in [7, 11) is 0. The Bertz CT molecular complexity index is 973. The Morgan fingerprint density at radius 1 is 1.26 bits per heavy atom. The van der Waals surface area contributed by atoms with Gasteiger partial charge in [0.15, 0.2) is 17.2 Å². The lowest BCUT2D eigenvalue weighted by molar-refractivity contribution is 0.0463. The lowest BCUT2D eigenvalue weighted by atomic mass is 10.2. The third kappa shape index (κ3) is 4.33. The van der Waals surface area contributed by atoms with E-state index >= 15 is 0 Å². The molecular formula is C18H15FN4O4. The summed E-state index contributed by atoms with van der Waals surface area (Å²) < 4.78 is 23.2. The third-order valence-electron chi connectivity index (χ3n) is 3.62. The van der Waals surface area contributed by atoms with Crippen LogP contribution in [0.25, 0.3) is 0 Å². The van der Waals surface area contributed by atoms with Gasteiger partial charge in [-0.1, -0.05) is 23.4 Å². The molecule has 0 fully saturated rings. The van der Waals surface area contributed by atoms with Crippen LogP contribution >= 0.6 is 0 Å². The zero-order chi connectivity index (χ0) is 19.2. The summed E-state index contributed by atoms with van der Waals surface area (Å²) in [4.78, 5) is 16.2. The maximum Gasteiger partial charge on any atom is 0.338 e. The van der Waals surface area contributed by atoms with Gasteiger partial charge in [-0.3, -0.25) is 10.7 Å². The molecule has 1 heterocycles. The maximum absolute atomic E-state index is 13.4. The van der Waals surface area contributed by atoms with E-state index < -0.39 is 5.97 Å². The fraction of sp³-hybridized carbons (Fsp3) is 0.111. The van der Waals surface area contributed by atoms with Crippen molar-refractivity contribution in [1.82, 2.24) is 15.8 Å². The molecule has 3 aromatic rings. The largest absolute Gasteiger partial charge is 0.455 e. The van der Waals surface area contributed by atoms with Gasteiger partial charge in [0.1, 0.15) is 12.4 Å². The zero-order valence-corrected chi connectivity index (χ0v) is 14.2. The van der Waals surface area contributed by atoms with Crippen molar-refractivity contribution >= 4 is 17.5 Å². The zero-order valence-electron chi connectivity index (χ0n) is 14.2. The molecule has 2 aromatic carbocycles. The number of carbonyl (C=O) groups is 1. The van der Waals surface area contributed by atoms with E-state index in [0.717, 1.165) is 0 Å². The number of benzene rings is 2. The van der Waals surface area contributed by atoms with Crippen LogP contribution in [0.4, 0.5) is 10.1 Å². The van der Waals surface area contributed by atoms with Crippen LogP contribution < -0.4 is 5.48 Å². The van der Waals surface area contributed by atoms with E-state index in [9.17, 15) is 14.4 Å². The normalized spacial score (nSPS) is 11.3. The number of aliphatic imine (C=N–C) groups is 1. The molecule has 0 aliphatic heterocycles. The van der Waals surface area contributed by atoms with Crippen molar-refractivity contribution in [3.63, 3.8) is 0 Å². The first kappa shape index (κ1) is 18.2. The number of hydroxylamine groups is 1. The fourth-order valence-corrected chi connectivity index (χ4v) is 2.23. The van der Waals surface area contributed by atoms with E-state index in [-0.39, 0.29) is 29.6 Å². The number of ether oxygens (including phenoxy) is 1. The highest BCUT2D eigenvalue weighted by Gasteiger charge is 2.18. The Hall–Kier alpha value is -3.59. The summed E-state index contributed by atoms with van der Waals surface area (Å²) in [5.41, 5.74) is 3.26. The molecule has 138 valence electrons. The lowest BCUT2D eigenvalue weighted by Gasteiger charge is -2.05. The van der Waals surface area contributed by atoms with Crippen molar-refractivity contribution in [2.75, 3.05) is 0 Å². The highest BCUT2D eigenvalue weighted by atomic mass is 19.1. The number of halogens is 1. The van der Waals surface area contributed by atoms with Crippen molar-refractivity contribution in [1.29, 1.82) is 0 Å². The number of nitrogens with one attached hydrogen (secondary N) is 1. The monoisotopic (exact) mass is 370 g/mol. The molecule has 0 unspecified atom stereocenters. The van der Waals surface area contributed by atoms with Crippen LogP contribution in [-0.2, 0) is 11.3 Å². The molecule has 0 aliphatic rings. The summed E-state index contributed by atoms with van der Waals surface area (Å²) in [5, 5.41) is 16.7. The van der Waals surface area contributed by atoms with Crippen molar-refractivity contribution in [2.45, 2.75) is 13.5 Å². The Kier molecular flexibility index (Phi) is 5.53. The molecule has 1 aromatic heterocycles. The minimum Gasteiger partial charge on any atom is -0.455 e. The quantitative estimate of drug-likeness (QED) is 0.307. The molecular weight excluding hydrogens is 355 g/mol. The summed E-state index contributed by atoms with van der Waals surface area (Å²) in [6.45, 7) is 1.35. The highest BCUT2D eigenvalue weighted by Crippen LogP contribution is 2.18. The van der Waals surface area contributed by atoms with Crippen molar-refractivity contribution in [3.8, 4) is 0 Å². The molecule has 0 radical (unpaired) electrons. The fourth-order valence-electron chi connectivity index (χ4n) is 2.23. The Balaban J connectivity index is 1.78. The Labute approximate surface area is 153 Å². The lowest BCUT2D eigenvalue weighted by Crippen LogP contribution is -2.22. The van der Waals surface area contributed by atoms with Crippen LogP contribution in [-0.4, -0.2) is 27.3 Å². The average molecular weight is 370 g/mol. The predicted octanol–water partition coefficient (Wildman–Crippen LogP) is 2.93. The first-order valence-corrected chi connectivity index (χ1v) is 7.87. The summed E-state index contributed by atoms with van der Waals surface area (Å²) in [6.07, 6.45) is 0. The second-order valence-electron chi connectivity index (χ2n) is 5.51. The second-order valence-corrected chi connectivity index (χ2v) is 5.51. The van der Waals surface area contributed by atoms with E-state index in [0.29, 0.717) is 16.8 Å². The van der Waals surface area contributed by atoms with Gasteiger partial charge in [0.2, 0.25) is 0 Å². The highest BCUT2D eigenvalue weighted by molar-refractivity contribution is 5.98. The number of nitrogens with zero attached hydrogens (tertiary/aromatic N) is 3. The Morgan fingerprint density at radius 2 is 2.04 bits per heavy atom. The number of hydrogen-bond acceptors (Lipinski definition) is 7. The van der Waals surface area contributed by atoms with E-state index in [4.69, 9.17) is 4.74 Å². The molecule has 0 amide bonds. The molecule has 0 saturated carbocycles. The van der Waals surface area contributed by atoms with Crippen LogP contribution in [0.15, 0.2) is 58.2 Å². The average Bonchev–Trinajstić information content (AvgIpc) is 3.16. The van der Waals surface area contributed by atoms with Gasteiger partial charge in [0, 0.05) is 0 Å². The smallest absolute Gasteiger partial charge is 0.338 e. The number of aryl methyl sites for hydroxylation is 1. The van der Waals surface area contributed by atoms with Crippen molar-refractivity contribution in [2.24, 2.45) is 4.99 Å². The van der Waals surface area contributed by atoms with Gasteiger partial charge in [-0.2, -0.15) is 0 Å². The predicted molar refractivity (Wildman–Crippen MR) is 92.1 cm³/mol. The van der Waals surface area contributed by atoms with Crippen LogP contribution in [0, 0.1) is 12.7 Å². The summed E-state index contributed by atoms with van der Waals surface area (Å²) >= 11 is 0. The van der Waals surface area contributed by atoms with Crippen LogP contribution in [0.1, 0.15) is 27.3 Å². The second kappa shape index (κ2) is 8.19. The molecule has 0 spiro atoms. The van der Waals surface area contributed by atoms with Crippen LogP contribution in [0.2, 0.25) is 0 Å². The maximum atomic E-state index is 13.4. The third-order valence-corrected chi connectivity index (χ3v) is 3.62. The molecule has 0 bridgehead atoms. The standard InChI is InChI=1S/C18H15FN4O4/c1-11-9-13(7-8-14(11)19)20-17(21-25)16-15(22-27-23-16)10-26-18(24)12-5-3-2-4-6-12/h2-9,25H,10H2,1H3,(H,20,21). The van der Waals surface area contributed by atoms with Gasteiger partial charge in [-0.05, 0) is 48.0 Å². The summed E-state index contributed by atoms with van der Waals surface area (Å²) in [6, 6.07) is 12.6. The SMILES string of the molecule is Cc1cc(N=C(NO)c2nonc2COC(=O)c2ccccc2)ccc1F. The topological polar surface area (TPSA) is 110 Å². The number of amidine groups is 1.